The van der Waals surface area contributed by atoms with Crippen LogP contribution in [-0.4, -0.2) is 42.5 Å². The first-order valence-electron chi connectivity index (χ1n) is 11.5. The van der Waals surface area contributed by atoms with Gasteiger partial charge in [-0.2, -0.15) is 4.31 Å². The summed E-state index contributed by atoms with van der Waals surface area (Å²) in [5.74, 6) is 0.102. The van der Waals surface area contributed by atoms with Crippen LogP contribution in [0.4, 0.5) is 0 Å². The highest BCUT2D eigenvalue weighted by Gasteiger charge is 2.26. The van der Waals surface area contributed by atoms with Gasteiger partial charge >= 0.3 is 0 Å². The number of piperidine rings is 1. The zero-order valence-corrected chi connectivity index (χ0v) is 20.6. The van der Waals surface area contributed by atoms with Gasteiger partial charge < -0.3 is 5.32 Å². The second-order valence-electron chi connectivity index (χ2n) is 8.31. The first-order valence-corrected chi connectivity index (χ1v) is 13.9. The van der Waals surface area contributed by atoms with Gasteiger partial charge in [0.2, 0.25) is 15.9 Å². The van der Waals surface area contributed by atoms with Crippen LogP contribution >= 0.6 is 11.8 Å². The van der Waals surface area contributed by atoms with Crippen molar-refractivity contribution in [2.24, 2.45) is 0 Å². The molecule has 1 aromatic heterocycles. The van der Waals surface area contributed by atoms with Crippen LogP contribution in [0.3, 0.4) is 0 Å². The van der Waals surface area contributed by atoms with Gasteiger partial charge in [0.05, 0.1) is 16.8 Å². The molecule has 1 amide bonds. The van der Waals surface area contributed by atoms with Gasteiger partial charge in [-0.1, -0.05) is 78.8 Å². The second kappa shape index (κ2) is 11.6. The molecule has 1 atom stereocenters. The van der Waals surface area contributed by atoms with Crippen LogP contribution in [0.5, 0.6) is 0 Å². The van der Waals surface area contributed by atoms with Crippen LogP contribution in [0.2, 0.25) is 0 Å². The third-order valence-electron chi connectivity index (χ3n) is 5.83. The zero-order valence-electron chi connectivity index (χ0n) is 19.0. The summed E-state index contributed by atoms with van der Waals surface area (Å²) < 4.78 is 27.1. The lowest BCUT2D eigenvalue weighted by Crippen LogP contribution is -2.35. The fraction of sp³-hybridized carbons (Fsp3) is 0.308. The Labute approximate surface area is 205 Å². The molecule has 3 aromatic rings. The predicted octanol–water partition coefficient (Wildman–Crippen LogP) is 4.45. The molecular formula is C26H29N3O3S2. The van der Waals surface area contributed by atoms with Gasteiger partial charge in [-0.15, -0.1) is 0 Å². The van der Waals surface area contributed by atoms with Gasteiger partial charge in [-0.25, -0.2) is 13.4 Å². The third-order valence-corrected chi connectivity index (χ3v) is 8.66. The van der Waals surface area contributed by atoms with Crippen LogP contribution in [0.25, 0.3) is 0 Å². The van der Waals surface area contributed by atoms with Gasteiger partial charge in [0.25, 0.3) is 0 Å². The summed E-state index contributed by atoms with van der Waals surface area (Å²) in [7, 11) is -3.50. The molecule has 1 saturated heterocycles. The summed E-state index contributed by atoms with van der Waals surface area (Å²) >= 11 is 1.30. The molecule has 0 bridgehead atoms. The van der Waals surface area contributed by atoms with Crippen molar-refractivity contribution in [3.05, 3.63) is 90.1 Å². The number of benzene rings is 2. The van der Waals surface area contributed by atoms with Crippen molar-refractivity contribution in [2.75, 3.05) is 18.8 Å². The highest BCUT2D eigenvalue weighted by atomic mass is 32.2. The topological polar surface area (TPSA) is 79.4 Å². The Morgan fingerprint density at radius 2 is 1.62 bits per heavy atom. The highest BCUT2D eigenvalue weighted by Crippen LogP contribution is 2.23. The molecule has 6 nitrogen and oxygen atoms in total. The summed E-state index contributed by atoms with van der Waals surface area (Å²) in [6.07, 6.45) is 4.95. The Morgan fingerprint density at radius 3 is 2.26 bits per heavy atom. The van der Waals surface area contributed by atoms with E-state index in [-0.39, 0.29) is 22.6 Å². The number of nitrogens with one attached hydrogen (secondary N) is 1. The number of pyridine rings is 1. The molecular weight excluding hydrogens is 466 g/mol. The number of thioether (sulfide) groups is 1. The van der Waals surface area contributed by atoms with Crippen LogP contribution in [0, 0.1) is 0 Å². The van der Waals surface area contributed by atoms with E-state index in [1.54, 1.807) is 12.1 Å². The fourth-order valence-electron chi connectivity index (χ4n) is 4.02. The molecule has 0 spiro atoms. The van der Waals surface area contributed by atoms with Gasteiger partial charge in [-0.05, 0) is 42.5 Å². The van der Waals surface area contributed by atoms with E-state index in [4.69, 9.17) is 0 Å². The molecule has 2 aromatic carbocycles. The Hall–Kier alpha value is -2.68. The summed E-state index contributed by atoms with van der Waals surface area (Å²) in [6, 6.07) is 23.1. The third kappa shape index (κ3) is 6.46. The number of hydrogen-bond acceptors (Lipinski definition) is 5. The minimum atomic E-state index is -3.50. The molecule has 34 heavy (non-hydrogen) atoms. The van der Waals surface area contributed by atoms with Crippen molar-refractivity contribution >= 4 is 27.7 Å². The number of rotatable bonds is 9. The van der Waals surface area contributed by atoms with Crippen molar-refractivity contribution in [1.29, 1.82) is 0 Å². The maximum absolute atomic E-state index is 12.8. The number of amides is 1. The Bertz CT molecular complexity index is 1160. The van der Waals surface area contributed by atoms with Gasteiger partial charge in [0.1, 0.15) is 4.90 Å². The first-order chi connectivity index (χ1) is 16.5. The van der Waals surface area contributed by atoms with Crippen molar-refractivity contribution in [3.63, 3.8) is 0 Å². The molecule has 8 heteroatoms. The van der Waals surface area contributed by atoms with E-state index in [0.717, 1.165) is 30.4 Å². The number of sulfonamides is 1. The molecule has 4 rings (SSSR count). The lowest BCUT2D eigenvalue weighted by Gasteiger charge is -2.25. The quantitative estimate of drug-likeness (QED) is 0.444. The largest absolute Gasteiger partial charge is 0.348 e. The number of nitrogens with zero attached hydrogens (tertiary/aromatic N) is 2. The number of aromatic nitrogens is 1. The Kier molecular flexibility index (Phi) is 8.37. The molecule has 2 heterocycles. The van der Waals surface area contributed by atoms with E-state index in [1.165, 1.54) is 22.3 Å². The van der Waals surface area contributed by atoms with E-state index in [0.29, 0.717) is 24.5 Å². The van der Waals surface area contributed by atoms with E-state index in [9.17, 15) is 13.2 Å². The van der Waals surface area contributed by atoms with Crippen LogP contribution in [-0.2, 0) is 21.2 Å². The maximum atomic E-state index is 12.8. The average Bonchev–Trinajstić information content (AvgIpc) is 2.89. The minimum absolute atomic E-state index is 0.0957. The number of hydrogen-bond donors (Lipinski definition) is 1. The predicted molar refractivity (Wildman–Crippen MR) is 135 cm³/mol. The van der Waals surface area contributed by atoms with E-state index in [1.807, 2.05) is 48.5 Å². The van der Waals surface area contributed by atoms with Gasteiger partial charge in [-0.3, -0.25) is 4.79 Å². The van der Waals surface area contributed by atoms with E-state index >= 15 is 0 Å². The maximum Gasteiger partial charge on any atom is 0.244 e. The molecule has 1 N–H and O–H groups in total. The molecule has 0 aliphatic carbocycles. The van der Waals surface area contributed by atoms with Crippen LogP contribution in [0.15, 0.2) is 88.9 Å². The number of carbonyl (C=O) groups is 1. The van der Waals surface area contributed by atoms with Crippen molar-refractivity contribution in [3.8, 4) is 0 Å². The van der Waals surface area contributed by atoms with Gasteiger partial charge in [0, 0.05) is 19.3 Å². The van der Waals surface area contributed by atoms with Crippen molar-refractivity contribution < 1.29 is 13.2 Å². The molecule has 0 saturated carbocycles. The fourth-order valence-corrected chi connectivity index (χ4v) is 6.14. The summed E-state index contributed by atoms with van der Waals surface area (Å²) in [6.45, 7) is 1.12. The van der Waals surface area contributed by atoms with Gasteiger partial charge in [0.15, 0.2) is 0 Å². The summed E-state index contributed by atoms with van der Waals surface area (Å²) in [5, 5.41) is 3.76. The summed E-state index contributed by atoms with van der Waals surface area (Å²) in [4.78, 5) is 17.3. The molecule has 0 radical (unpaired) electrons. The Balaban J connectivity index is 1.36. The number of carbonyl (C=O) groups excluding carboxylic acids is 1. The monoisotopic (exact) mass is 495 g/mol. The Morgan fingerprint density at radius 1 is 0.941 bits per heavy atom. The zero-order chi connectivity index (χ0) is 23.8. The molecule has 178 valence electrons. The normalized spacial score (nSPS) is 15.5. The lowest BCUT2D eigenvalue weighted by molar-refractivity contribution is -0.119. The lowest BCUT2D eigenvalue weighted by atomic mass is 9.99. The molecule has 1 fully saturated rings. The first kappa shape index (κ1) is 24.4. The molecule has 1 aliphatic rings. The minimum Gasteiger partial charge on any atom is -0.348 e. The second-order valence-corrected chi connectivity index (χ2v) is 11.2. The SMILES string of the molecule is O=C(CSc1ccc(S(=O)(=O)N2CCCCC2)cn1)NC(Cc1ccccc1)c1ccccc1. The van der Waals surface area contributed by atoms with Crippen LogP contribution < -0.4 is 5.32 Å². The standard InChI is InChI=1S/C26H29N3O3S2/c30-25(28-24(22-12-6-2-7-13-22)18-21-10-4-1-5-11-21)20-33-26-15-14-23(19-27-26)34(31,32)29-16-8-3-9-17-29/h1-2,4-7,10-15,19,24H,3,8-9,16-18,20H2,(H,28,30). The highest BCUT2D eigenvalue weighted by molar-refractivity contribution is 7.99. The average molecular weight is 496 g/mol. The molecule has 1 unspecified atom stereocenters. The van der Waals surface area contributed by atoms with Crippen LogP contribution in [0.1, 0.15) is 36.4 Å². The smallest absolute Gasteiger partial charge is 0.244 e. The van der Waals surface area contributed by atoms with Crippen molar-refractivity contribution in [1.82, 2.24) is 14.6 Å². The van der Waals surface area contributed by atoms with E-state index in [2.05, 4.69) is 22.4 Å². The van der Waals surface area contributed by atoms with Crippen molar-refractivity contribution in [2.45, 2.75) is 41.6 Å². The summed E-state index contributed by atoms with van der Waals surface area (Å²) in [5.41, 5.74) is 2.20. The molecule has 1 aliphatic heterocycles. The van der Waals surface area contributed by atoms with E-state index < -0.39 is 10.0 Å².